The number of para-hydroxylation sites is 2. The van der Waals surface area contributed by atoms with Crippen LogP contribution < -0.4 is 4.57 Å². The van der Waals surface area contributed by atoms with Crippen molar-refractivity contribution in [2.45, 2.75) is 6.92 Å². The molecular weight excluding hydrogens is 384 g/mol. The molecule has 4 aromatic heterocycles. The fraction of sp³-hybridized carbons (Fsp3) is 0.0741. The van der Waals surface area contributed by atoms with Gasteiger partial charge in [0.1, 0.15) is 16.6 Å². The lowest BCUT2D eigenvalue weighted by molar-refractivity contribution is -0.658. The Bertz CT molecular complexity index is 1770. The predicted octanol–water partition coefficient (Wildman–Crippen LogP) is 6.85. The normalized spacial score (nSPS) is 12.3. The molecule has 0 unspecified atom stereocenters. The first-order valence-electron chi connectivity index (χ1n) is 10.3. The van der Waals surface area contributed by atoms with Crippen LogP contribution in [0.15, 0.2) is 79.0 Å². The second-order valence-electron chi connectivity index (χ2n) is 8.20. The van der Waals surface area contributed by atoms with Crippen LogP contribution in [0.1, 0.15) is 5.56 Å². The summed E-state index contributed by atoms with van der Waals surface area (Å²) >= 11 is 1.90. The molecule has 7 rings (SSSR count). The summed E-state index contributed by atoms with van der Waals surface area (Å²) in [6.45, 7) is 2.19. The van der Waals surface area contributed by atoms with E-state index in [-0.39, 0.29) is 0 Å². The Morgan fingerprint density at radius 3 is 2.47 bits per heavy atom. The van der Waals surface area contributed by atoms with Gasteiger partial charge in [0.05, 0.1) is 11.0 Å². The SMILES string of the molecule is Cc1ccccc1-c1cc2c(c[n+]1C)sc1c2c2cccc3c4ccccc4n1c32. The molecule has 0 fully saturated rings. The van der Waals surface area contributed by atoms with Gasteiger partial charge in [0, 0.05) is 38.6 Å². The van der Waals surface area contributed by atoms with Crippen molar-refractivity contribution in [1.29, 1.82) is 0 Å². The Hall–Kier alpha value is -3.43. The number of fused-ring (bicyclic) bond motifs is 8. The van der Waals surface area contributed by atoms with Crippen molar-refractivity contribution < 1.29 is 4.57 Å². The van der Waals surface area contributed by atoms with E-state index in [1.165, 1.54) is 64.3 Å². The minimum absolute atomic E-state index is 1.26. The number of aromatic nitrogens is 2. The van der Waals surface area contributed by atoms with E-state index in [4.69, 9.17) is 0 Å². The van der Waals surface area contributed by atoms with E-state index in [2.05, 4.69) is 102 Å². The largest absolute Gasteiger partial charge is 0.299 e. The zero-order valence-electron chi connectivity index (χ0n) is 16.8. The molecule has 0 aliphatic carbocycles. The fourth-order valence-electron chi connectivity index (χ4n) is 5.15. The lowest BCUT2D eigenvalue weighted by Crippen LogP contribution is -2.30. The van der Waals surface area contributed by atoms with E-state index < -0.39 is 0 Å². The van der Waals surface area contributed by atoms with Crippen molar-refractivity contribution in [3.63, 3.8) is 0 Å². The Morgan fingerprint density at radius 2 is 1.57 bits per heavy atom. The van der Waals surface area contributed by atoms with Crippen molar-refractivity contribution in [3.8, 4) is 11.3 Å². The molecule has 0 atom stereocenters. The third kappa shape index (κ3) is 1.91. The van der Waals surface area contributed by atoms with Gasteiger partial charge in [0.2, 0.25) is 5.69 Å². The van der Waals surface area contributed by atoms with Gasteiger partial charge >= 0.3 is 0 Å². The topological polar surface area (TPSA) is 8.29 Å². The molecule has 0 radical (unpaired) electrons. The van der Waals surface area contributed by atoms with Crippen LogP contribution in [0.2, 0.25) is 0 Å². The molecule has 0 aliphatic rings. The quantitative estimate of drug-likeness (QED) is 0.265. The summed E-state index contributed by atoms with van der Waals surface area (Å²) in [6.07, 6.45) is 2.30. The van der Waals surface area contributed by atoms with E-state index in [1.54, 1.807) is 0 Å². The molecule has 7 aromatic rings. The maximum atomic E-state index is 2.48. The first-order chi connectivity index (χ1) is 14.7. The van der Waals surface area contributed by atoms with Crippen molar-refractivity contribution >= 4 is 58.8 Å². The van der Waals surface area contributed by atoms with Crippen LogP contribution in [0.5, 0.6) is 0 Å². The molecule has 3 aromatic carbocycles. The van der Waals surface area contributed by atoms with E-state index in [9.17, 15) is 0 Å². The smallest absolute Gasteiger partial charge is 0.213 e. The number of pyridine rings is 1. The van der Waals surface area contributed by atoms with Gasteiger partial charge in [-0.25, -0.2) is 0 Å². The molecule has 0 aliphatic heterocycles. The van der Waals surface area contributed by atoms with Crippen LogP contribution in [-0.2, 0) is 7.05 Å². The summed E-state index contributed by atoms with van der Waals surface area (Å²) in [6, 6.07) is 26.6. The Morgan fingerprint density at radius 1 is 0.800 bits per heavy atom. The van der Waals surface area contributed by atoms with Gasteiger partial charge in [-0.2, -0.15) is 4.57 Å². The van der Waals surface area contributed by atoms with Gasteiger partial charge in [0.25, 0.3) is 0 Å². The van der Waals surface area contributed by atoms with Crippen molar-refractivity contribution in [3.05, 3.63) is 84.6 Å². The number of hydrogen-bond donors (Lipinski definition) is 0. The molecule has 0 saturated carbocycles. The van der Waals surface area contributed by atoms with Crippen molar-refractivity contribution in [2.24, 2.45) is 7.05 Å². The molecule has 0 bridgehead atoms. The average Bonchev–Trinajstić information content (AvgIpc) is 3.39. The summed E-state index contributed by atoms with van der Waals surface area (Å²) in [5, 5.41) is 6.78. The molecule has 0 amide bonds. The van der Waals surface area contributed by atoms with E-state index >= 15 is 0 Å². The van der Waals surface area contributed by atoms with Crippen LogP contribution in [0.3, 0.4) is 0 Å². The molecular formula is C27H19N2S+. The molecule has 0 spiro atoms. The fourth-order valence-corrected chi connectivity index (χ4v) is 6.44. The molecule has 2 nitrogen and oxygen atoms in total. The lowest BCUT2D eigenvalue weighted by Gasteiger charge is -2.04. The first kappa shape index (κ1) is 16.4. The minimum Gasteiger partial charge on any atom is -0.299 e. The number of hydrogen-bond acceptors (Lipinski definition) is 1. The van der Waals surface area contributed by atoms with E-state index in [0.29, 0.717) is 0 Å². The Labute approximate surface area is 177 Å². The van der Waals surface area contributed by atoms with Crippen LogP contribution in [0.4, 0.5) is 0 Å². The first-order valence-corrected chi connectivity index (χ1v) is 11.1. The number of benzene rings is 3. The summed E-state index contributed by atoms with van der Waals surface area (Å²) in [5.74, 6) is 0. The third-order valence-electron chi connectivity index (χ3n) is 6.52. The summed E-state index contributed by atoms with van der Waals surface area (Å²) in [4.78, 5) is 1.35. The average molecular weight is 404 g/mol. The van der Waals surface area contributed by atoms with Crippen LogP contribution in [0.25, 0.3) is 58.8 Å². The molecule has 4 heterocycles. The Kier molecular flexibility index (Phi) is 3.05. The standard InChI is InChI=1S/C27H19N2S/c1-16-8-3-4-9-17(16)23-14-21-24(15-28(23)2)30-27-25(21)20-12-7-11-19-18-10-5-6-13-22(18)29(27)26(19)20/h3-15H,1-2H3/q+1. The van der Waals surface area contributed by atoms with Crippen LogP contribution in [-0.4, -0.2) is 4.40 Å². The van der Waals surface area contributed by atoms with E-state index in [1.807, 2.05) is 11.3 Å². The van der Waals surface area contributed by atoms with Gasteiger partial charge < -0.3 is 0 Å². The highest BCUT2D eigenvalue weighted by Gasteiger charge is 2.23. The molecule has 142 valence electrons. The highest BCUT2D eigenvalue weighted by molar-refractivity contribution is 7.25. The maximum Gasteiger partial charge on any atom is 0.213 e. The van der Waals surface area contributed by atoms with Gasteiger partial charge in [0.15, 0.2) is 6.20 Å². The monoisotopic (exact) mass is 403 g/mol. The zero-order valence-corrected chi connectivity index (χ0v) is 17.6. The second-order valence-corrected chi connectivity index (χ2v) is 9.23. The van der Waals surface area contributed by atoms with Gasteiger partial charge in [-0.1, -0.05) is 54.6 Å². The highest BCUT2D eigenvalue weighted by atomic mass is 32.1. The number of rotatable bonds is 1. The third-order valence-corrected chi connectivity index (χ3v) is 7.64. The Balaban J connectivity index is 1.70. The summed E-state index contributed by atoms with van der Waals surface area (Å²) in [5.41, 5.74) is 6.51. The summed E-state index contributed by atoms with van der Waals surface area (Å²) < 4.78 is 6.08. The maximum absolute atomic E-state index is 2.48. The molecule has 0 N–H and O–H groups in total. The molecule has 0 saturated heterocycles. The van der Waals surface area contributed by atoms with Gasteiger partial charge in [-0.05, 0) is 24.6 Å². The minimum atomic E-state index is 1.26. The summed E-state index contributed by atoms with van der Waals surface area (Å²) in [7, 11) is 2.16. The van der Waals surface area contributed by atoms with Gasteiger partial charge in [-0.15, -0.1) is 11.3 Å². The lowest BCUT2D eigenvalue weighted by atomic mass is 10.0. The van der Waals surface area contributed by atoms with Crippen LogP contribution >= 0.6 is 11.3 Å². The van der Waals surface area contributed by atoms with Crippen molar-refractivity contribution in [1.82, 2.24) is 4.40 Å². The molecule has 30 heavy (non-hydrogen) atoms. The number of nitrogens with zero attached hydrogens (tertiary/aromatic N) is 2. The number of thiophene rings is 1. The van der Waals surface area contributed by atoms with Crippen LogP contribution in [0, 0.1) is 6.92 Å². The predicted molar refractivity (Wildman–Crippen MR) is 128 cm³/mol. The highest BCUT2D eigenvalue weighted by Crippen LogP contribution is 2.45. The van der Waals surface area contributed by atoms with Gasteiger partial charge in [-0.3, -0.25) is 4.40 Å². The number of aryl methyl sites for hydroxylation is 2. The van der Waals surface area contributed by atoms with Crippen molar-refractivity contribution in [2.75, 3.05) is 0 Å². The second kappa shape index (κ2) is 5.59. The molecule has 3 heteroatoms. The van der Waals surface area contributed by atoms with E-state index in [0.717, 1.165) is 0 Å². The zero-order chi connectivity index (χ0) is 20.0.